The van der Waals surface area contributed by atoms with Crippen LogP contribution >= 0.6 is 0 Å². The lowest BCUT2D eigenvalue weighted by Crippen LogP contribution is -1.92. The maximum absolute atomic E-state index is 6.26. The lowest BCUT2D eigenvalue weighted by atomic mass is 9.94. The van der Waals surface area contributed by atoms with Crippen LogP contribution in [0.3, 0.4) is 0 Å². The Morgan fingerprint density at radius 2 is 1.13 bits per heavy atom. The molecular weight excluding hydrogens is 476 g/mol. The number of aromatic amines is 1. The Morgan fingerprint density at radius 1 is 0.436 bits per heavy atom. The molecule has 0 saturated heterocycles. The summed E-state index contributed by atoms with van der Waals surface area (Å²) < 4.78 is 8.65. The van der Waals surface area contributed by atoms with Gasteiger partial charge in [0, 0.05) is 49.0 Å². The van der Waals surface area contributed by atoms with Crippen LogP contribution < -0.4 is 0 Å². The number of para-hydroxylation sites is 3. The van der Waals surface area contributed by atoms with Gasteiger partial charge in [-0.2, -0.15) is 0 Å². The van der Waals surface area contributed by atoms with Crippen LogP contribution in [0.25, 0.3) is 82.4 Å². The van der Waals surface area contributed by atoms with E-state index in [2.05, 4.69) is 125 Å². The van der Waals surface area contributed by atoms with Gasteiger partial charge < -0.3 is 14.0 Å². The molecule has 0 saturated carbocycles. The van der Waals surface area contributed by atoms with E-state index in [9.17, 15) is 0 Å². The van der Waals surface area contributed by atoms with E-state index < -0.39 is 0 Å². The highest BCUT2D eigenvalue weighted by molar-refractivity contribution is 6.31. The van der Waals surface area contributed by atoms with E-state index in [4.69, 9.17) is 4.42 Å². The summed E-state index contributed by atoms with van der Waals surface area (Å²) in [6.07, 6.45) is 0. The molecule has 9 aromatic rings. The summed E-state index contributed by atoms with van der Waals surface area (Å²) in [7, 11) is 0. The van der Waals surface area contributed by atoms with Crippen molar-refractivity contribution < 1.29 is 4.42 Å². The predicted molar refractivity (Wildman–Crippen MR) is 163 cm³/mol. The third-order valence-corrected chi connectivity index (χ3v) is 8.13. The Labute approximate surface area is 223 Å². The van der Waals surface area contributed by atoms with Gasteiger partial charge in [0.05, 0.1) is 11.0 Å². The van der Waals surface area contributed by atoms with Crippen LogP contribution in [-0.4, -0.2) is 9.55 Å². The van der Waals surface area contributed by atoms with Gasteiger partial charge in [0.15, 0.2) is 0 Å². The van der Waals surface area contributed by atoms with Crippen molar-refractivity contribution in [3.63, 3.8) is 0 Å². The molecule has 0 unspecified atom stereocenters. The number of hydrogen-bond acceptors (Lipinski definition) is 1. The molecule has 0 fully saturated rings. The van der Waals surface area contributed by atoms with E-state index >= 15 is 0 Å². The highest BCUT2D eigenvalue weighted by atomic mass is 16.3. The number of furan rings is 1. The Balaban J connectivity index is 1.49. The zero-order valence-corrected chi connectivity index (χ0v) is 21.0. The van der Waals surface area contributed by atoms with Crippen LogP contribution in [0.1, 0.15) is 0 Å². The first-order chi connectivity index (χ1) is 19.4. The van der Waals surface area contributed by atoms with Crippen molar-refractivity contribution in [2.45, 2.75) is 0 Å². The Kier molecular flexibility index (Phi) is 4.05. The van der Waals surface area contributed by atoms with Crippen molar-refractivity contribution in [1.82, 2.24) is 9.55 Å². The highest BCUT2D eigenvalue weighted by Crippen LogP contribution is 2.45. The monoisotopic (exact) mass is 498 g/mol. The molecule has 182 valence electrons. The number of nitrogens with zero attached hydrogens (tertiary/aromatic N) is 1. The fourth-order valence-corrected chi connectivity index (χ4v) is 6.57. The van der Waals surface area contributed by atoms with Gasteiger partial charge in [0.25, 0.3) is 0 Å². The second-order valence-electron chi connectivity index (χ2n) is 10.2. The van der Waals surface area contributed by atoms with Crippen LogP contribution in [0.5, 0.6) is 0 Å². The van der Waals surface area contributed by atoms with Crippen molar-refractivity contribution in [2.24, 2.45) is 0 Å². The largest absolute Gasteiger partial charge is 0.456 e. The summed E-state index contributed by atoms with van der Waals surface area (Å²) in [6, 6.07) is 45.2. The van der Waals surface area contributed by atoms with Crippen LogP contribution in [-0.2, 0) is 0 Å². The van der Waals surface area contributed by atoms with Gasteiger partial charge in [-0.1, -0.05) is 78.9 Å². The number of aromatic nitrogens is 2. The molecule has 3 heteroatoms. The van der Waals surface area contributed by atoms with Gasteiger partial charge in [-0.15, -0.1) is 0 Å². The summed E-state index contributed by atoms with van der Waals surface area (Å²) in [5.41, 5.74) is 10.1. The second kappa shape index (κ2) is 7.62. The standard InChI is InChI=1S/C36H22N2O/c1-2-10-22(11-3-1)38-29-17-6-4-12-25(29)35-30(38)21-20-28-36(35)34-24(14-8-16-27(34)37-28)23-15-9-19-32-33(23)26-13-5-7-18-31(26)39-32/h1-21,37H. The summed E-state index contributed by atoms with van der Waals surface area (Å²) in [5.74, 6) is 0. The van der Waals surface area contributed by atoms with Crippen molar-refractivity contribution in [3.8, 4) is 16.8 Å². The molecule has 6 aromatic carbocycles. The van der Waals surface area contributed by atoms with Crippen molar-refractivity contribution in [2.75, 3.05) is 0 Å². The highest BCUT2D eigenvalue weighted by Gasteiger charge is 2.20. The van der Waals surface area contributed by atoms with Gasteiger partial charge in [-0.3, -0.25) is 0 Å². The molecule has 3 nitrogen and oxygen atoms in total. The molecule has 0 radical (unpaired) electrons. The number of fused-ring (bicyclic) bond motifs is 10. The second-order valence-corrected chi connectivity index (χ2v) is 10.2. The van der Waals surface area contributed by atoms with Crippen LogP contribution in [0.2, 0.25) is 0 Å². The number of rotatable bonds is 2. The first-order valence-corrected chi connectivity index (χ1v) is 13.3. The van der Waals surface area contributed by atoms with Gasteiger partial charge in [-0.05, 0) is 59.7 Å². The Bertz CT molecular complexity index is 2390. The van der Waals surface area contributed by atoms with Crippen molar-refractivity contribution >= 4 is 65.6 Å². The minimum atomic E-state index is 0.913. The van der Waals surface area contributed by atoms with Gasteiger partial charge in [0.2, 0.25) is 0 Å². The minimum absolute atomic E-state index is 0.913. The van der Waals surface area contributed by atoms with Crippen LogP contribution in [0, 0.1) is 0 Å². The van der Waals surface area contributed by atoms with Gasteiger partial charge >= 0.3 is 0 Å². The number of benzene rings is 6. The SMILES string of the molecule is c1ccc(-n2c3ccccc3c3c4c(ccc32)[nH]c2cccc(-c3cccc5oc6ccccc6c35)c24)cc1. The lowest BCUT2D eigenvalue weighted by Gasteiger charge is -2.08. The fraction of sp³-hybridized carbons (Fsp3) is 0. The molecule has 9 rings (SSSR count). The zero-order valence-electron chi connectivity index (χ0n) is 21.0. The maximum Gasteiger partial charge on any atom is 0.136 e. The van der Waals surface area contributed by atoms with E-state index in [1.54, 1.807) is 0 Å². The van der Waals surface area contributed by atoms with E-state index in [-0.39, 0.29) is 0 Å². The van der Waals surface area contributed by atoms with Crippen LogP contribution in [0.4, 0.5) is 0 Å². The third-order valence-electron chi connectivity index (χ3n) is 8.13. The molecule has 0 atom stereocenters. The van der Waals surface area contributed by atoms with E-state index in [0.717, 1.165) is 38.7 Å². The van der Waals surface area contributed by atoms with E-state index in [1.807, 2.05) is 12.1 Å². The normalized spacial score (nSPS) is 12.1. The molecule has 0 bridgehead atoms. The average molecular weight is 499 g/mol. The van der Waals surface area contributed by atoms with E-state index in [1.165, 1.54) is 43.7 Å². The van der Waals surface area contributed by atoms with Crippen LogP contribution in [0.15, 0.2) is 132 Å². The number of nitrogens with one attached hydrogen (secondary N) is 1. The smallest absolute Gasteiger partial charge is 0.136 e. The lowest BCUT2D eigenvalue weighted by molar-refractivity contribution is 0.669. The van der Waals surface area contributed by atoms with Crippen molar-refractivity contribution in [1.29, 1.82) is 0 Å². The molecule has 0 amide bonds. The zero-order chi connectivity index (χ0) is 25.5. The summed E-state index contributed by atoms with van der Waals surface area (Å²) in [4.78, 5) is 3.74. The quantitative estimate of drug-likeness (QED) is 0.253. The average Bonchev–Trinajstić information content (AvgIpc) is 3.66. The summed E-state index contributed by atoms with van der Waals surface area (Å²) in [6.45, 7) is 0. The molecule has 0 spiro atoms. The van der Waals surface area contributed by atoms with Crippen molar-refractivity contribution in [3.05, 3.63) is 127 Å². The minimum Gasteiger partial charge on any atom is -0.456 e. The first kappa shape index (κ1) is 20.7. The van der Waals surface area contributed by atoms with Gasteiger partial charge in [-0.25, -0.2) is 0 Å². The number of H-pyrrole nitrogens is 1. The molecule has 3 heterocycles. The molecule has 0 aliphatic heterocycles. The van der Waals surface area contributed by atoms with E-state index in [0.29, 0.717) is 0 Å². The predicted octanol–water partition coefficient (Wildman–Crippen LogP) is 9.98. The number of hydrogen-bond donors (Lipinski definition) is 1. The molecular formula is C36H22N2O. The molecule has 0 aliphatic rings. The molecule has 3 aromatic heterocycles. The summed E-state index contributed by atoms with van der Waals surface area (Å²) >= 11 is 0. The maximum atomic E-state index is 6.26. The molecule has 39 heavy (non-hydrogen) atoms. The molecule has 0 aliphatic carbocycles. The Morgan fingerprint density at radius 3 is 2.03 bits per heavy atom. The molecule has 1 N–H and O–H groups in total. The summed E-state index contributed by atoms with van der Waals surface area (Å²) in [5, 5.41) is 7.33. The first-order valence-electron chi connectivity index (χ1n) is 13.3. The topological polar surface area (TPSA) is 33.9 Å². The van der Waals surface area contributed by atoms with Gasteiger partial charge in [0.1, 0.15) is 11.2 Å². The Hall–Kier alpha value is -5.28. The fourth-order valence-electron chi connectivity index (χ4n) is 6.57. The third kappa shape index (κ3) is 2.76.